The summed E-state index contributed by atoms with van der Waals surface area (Å²) in [6.45, 7) is 11.8. The van der Waals surface area contributed by atoms with Gasteiger partial charge in [0, 0.05) is 0 Å². The van der Waals surface area contributed by atoms with Gasteiger partial charge in [-0.05, 0) is 0 Å². The zero-order chi connectivity index (χ0) is 15.5. The average Bonchev–Trinajstić information content (AvgIpc) is 1.89. The minimum absolute atomic E-state index is 0.117. The zero-order valence-electron chi connectivity index (χ0n) is 13.5. The van der Waals surface area contributed by atoms with Gasteiger partial charge in [0.15, 0.2) is 0 Å². The summed E-state index contributed by atoms with van der Waals surface area (Å²) in [6.07, 6.45) is 0.675. The Balaban J connectivity index is 4.40. The van der Waals surface area contributed by atoms with E-state index in [-0.39, 0.29) is 22.8 Å². The van der Waals surface area contributed by atoms with Crippen LogP contribution >= 0.6 is 0 Å². The molecule has 0 aliphatic heterocycles. The molecule has 0 saturated carbocycles. The molecule has 0 saturated heterocycles. The molecule has 5 heteroatoms. The summed E-state index contributed by atoms with van der Waals surface area (Å²) in [5.41, 5.74) is -0.233. The van der Waals surface area contributed by atoms with E-state index in [9.17, 15) is 9.59 Å². The predicted octanol–water partition coefficient (Wildman–Crippen LogP) is 3.65. The summed E-state index contributed by atoms with van der Waals surface area (Å²) < 4.78 is 10.9. The average molecular weight is 379 g/mol. The standard InChI is InChI=1S/2C6H12O2.2CH3.Sn/c2*1-6(2,3)4-5(7)8;;;/h2*4H2,1-3H3,(H,7,8);2*1H3;/q;;;;+2/p-2. The van der Waals surface area contributed by atoms with E-state index in [0.717, 1.165) is 0 Å². The number of hydrogen-bond donors (Lipinski definition) is 0. The Morgan fingerprint density at radius 3 is 1.26 bits per heavy atom. The topological polar surface area (TPSA) is 52.6 Å². The third kappa shape index (κ3) is 11.3. The first-order chi connectivity index (χ1) is 8.20. The van der Waals surface area contributed by atoms with Crippen LogP contribution < -0.4 is 0 Å². The monoisotopic (exact) mass is 380 g/mol. The van der Waals surface area contributed by atoms with Gasteiger partial charge in [0.25, 0.3) is 0 Å². The van der Waals surface area contributed by atoms with Crippen molar-refractivity contribution in [2.24, 2.45) is 10.8 Å². The van der Waals surface area contributed by atoms with Gasteiger partial charge in [-0.15, -0.1) is 0 Å². The Bertz CT molecular complexity index is 302. The van der Waals surface area contributed by atoms with E-state index in [4.69, 9.17) is 6.15 Å². The van der Waals surface area contributed by atoms with Gasteiger partial charge in [0.1, 0.15) is 0 Å². The summed E-state index contributed by atoms with van der Waals surface area (Å²) in [5, 5.41) is 0. The van der Waals surface area contributed by atoms with Crippen molar-refractivity contribution in [2.45, 2.75) is 64.3 Å². The maximum absolute atomic E-state index is 11.8. The predicted molar refractivity (Wildman–Crippen MR) is 77.8 cm³/mol. The fraction of sp³-hybridized carbons (Fsp3) is 0.857. The van der Waals surface area contributed by atoms with Crippen molar-refractivity contribution < 1.29 is 15.7 Å². The SMILES string of the molecule is CC(C)(C)CC(=O)[O][Sn]([CH3])([CH3])[O]C(=O)CC(C)(C)C. The molecule has 112 valence electrons. The van der Waals surface area contributed by atoms with Gasteiger partial charge in [0.05, 0.1) is 0 Å². The van der Waals surface area contributed by atoms with Crippen LogP contribution in [0, 0.1) is 10.8 Å². The Labute approximate surface area is 122 Å². The number of carbonyl (C=O) groups excluding carboxylic acids is 2. The third-order valence-electron chi connectivity index (χ3n) is 2.07. The van der Waals surface area contributed by atoms with Gasteiger partial charge in [-0.2, -0.15) is 0 Å². The molecule has 0 aliphatic rings. The van der Waals surface area contributed by atoms with Gasteiger partial charge in [-0.1, -0.05) is 0 Å². The van der Waals surface area contributed by atoms with Crippen LogP contribution in [0.4, 0.5) is 0 Å². The van der Waals surface area contributed by atoms with Gasteiger partial charge in [-0.25, -0.2) is 0 Å². The van der Waals surface area contributed by atoms with Crippen molar-refractivity contribution in [1.82, 2.24) is 0 Å². The molecule has 0 spiro atoms. The van der Waals surface area contributed by atoms with Crippen LogP contribution in [0.15, 0.2) is 0 Å². The van der Waals surface area contributed by atoms with Crippen LogP contribution in [0.2, 0.25) is 9.88 Å². The minimum atomic E-state index is -3.50. The number of hydrogen-bond acceptors (Lipinski definition) is 4. The fourth-order valence-corrected chi connectivity index (χ4v) is 5.17. The Hall–Kier alpha value is -0.261. The van der Waals surface area contributed by atoms with Crippen molar-refractivity contribution in [2.75, 3.05) is 0 Å². The van der Waals surface area contributed by atoms with E-state index < -0.39 is 19.2 Å². The molecule has 0 bridgehead atoms. The molecule has 0 amide bonds. The van der Waals surface area contributed by atoms with E-state index in [0.29, 0.717) is 12.8 Å². The Kier molecular flexibility index (Phi) is 6.37. The number of rotatable bonds is 4. The molecule has 0 heterocycles. The van der Waals surface area contributed by atoms with Crippen molar-refractivity contribution in [3.63, 3.8) is 0 Å². The second kappa shape index (κ2) is 6.46. The number of carbonyl (C=O) groups is 2. The van der Waals surface area contributed by atoms with E-state index >= 15 is 0 Å². The second-order valence-corrected chi connectivity index (χ2v) is 17.0. The Morgan fingerprint density at radius 1 is 0.789 bits per heavy atom. The molecule has 0 fully saturated rings. The normalized spacial score (nSPS) is 13.1. The molecule has 0 aromatic rings. The molecule has 0 rings (SSSR count). The van der Waals surface area contributed by atoms with Gasteiger partial charge >= 0.3 is 122 Å². The van der Waals surface area contributed by atoms with Crippen molar-refractivity contribution in [3.8, 4) is 0 Å². The molecule has 0 aliphatic carbocycles. The molecule has 0 aromatic carbocycles. The Morgan fingerprint density at radius 2 is 1.05 bits per heavy atom. The van der Waals surface area contributed by atoms with E-state index in [1.54, 1.807) is 9.88 Å². The third-order valence-corrected chi connectivity index (χ3v) is 6.17. The summed E-state index contributed by atoms with van der Waals surface area (Å²) in [4.78, 5) is 27.1. The first-order valence-electron chi connectivity index (χ1n) is 6.64. The molecule has 0 atom stereocenters. The molecular formula is C14H28O4Sn. The van der Waals surface area contributed by atoms with Crippen molar-refractivity contribution in [1.29, 1.82) is 0 Å². The van der Waals surface area contributed by atoms with E-state index in [1.165, 1.54) is 0 Å². The van der Waals surface area contributed by atoms with Crippen LogP contribution in [-0.4, -0.2) is 31.1 Å². The second-order valence-electron chi connectivity index (χ2n) is 7.82. The molecule has 0 radical (unpaired) electrons. The summed E-state index contributed by atoms with van der Waals surface area (Å²) >= 11 is -3.50. The summed E-state index contributed by atoms with van der Waals surface area (Å²) in [7, 11) is 0. The molecule has 19 heavy (non-hydrogen) atoms. The first kappa shape index (κ1) is 18.7. The van der Waals surface area contributed by atoms with Gasteiger partial charge in [-0.3, -0.25) is 0 Å². The molecule has 0 aromatic heterocycles. The summed E-state index contributed by atoms with van der Waals surface area (Å²) in [6, 6.07) is 0. The van der Waals surface area contributed by atoms with Crippen molar-refractivity contribution >= 4 is 31.1 Å². The fourth-order valence-electron chi connectivity index (χ4n) is 1.51. The van der Waals surface area contributed by atoms with E-state index in [1.807, 2.05) is 41.5 Å². The molecule has 0 N–H and O–H groups in total. The van der Waals surface area contributed by atoms with Gasteiger partial charge < -0.3 is 0 Å². The van der Waals surface area contributed by atoms with Crippen LogP contribution in [0.25, 0.3) is 0 Å². The van der Waals surface area contributed by atoms with Crippen LogP contribution in [0.1, 0.15) is 54.4 Å². The summed E-state index contributed by atoms with van der Waals surface area (Å²) in [5.74, 6) is -0.534. The molecule has 4 nitrogen and oxygen atoms in total. The molecular weight excluding hydrogens is 351 g/mol. The first-order valence-corrected chi connectivity index (χ1v) is 14.7. The van der Waals surface area contributed by atoms with Crippen molar-refractivity contribution in [3.05, 3.63) is 0 Å². The van der Waals surface area contributed by atoms with Gasteiger partial charge in [0.2, 0.25) is 0 Å². The van der Waals surface area contributed by atoms with E-state index in [2.05, 4.69) is 0 Å². The zero-order valence-corrected chi connectivity index (χ0v) is 16.4. The van der Waals surface area contributed by atoms with Crippen LogP contribution in [-0.2, 0) is 15.7 Å². The van der Waals surface area contributed by atoms with Crippen LogP contribution in [0.5, 0.6) is 0 Å². The van der Waals surface area contributed by atoms with Crippen LogP contribution in [0.3, 0.4) is 0 Å². The maximum atomic E-state index is 11.8. The molecule has 0 unspecified atom stereocenters. The quantitative estimate of drug-likeness (QED) is 0.700.